The smallest absolute Gasteiger partial charge is 0.564 e. The quantitative estimate of drug-likeness (QED) is 0.277. The number of aromatic nitrogens is 3. The minimum atomic E-state index is -4.00. The van der Waals surface area contributed by atoms with Crippen LogP contribution in [0.15, 0.2) is 59.7 Å². The molecule has 1 saturated heterocycles. The molecule has 0 amide bonds. The number of benzene rings is 1. The van der Waals surface area contributed by atoms with E-state index in [1.807, 2.05) is 19.3 Å². The number of nitrogens with zero attached hydrogens (tertiary/aromatic N) is 5. The van der Waals surface area contributed by atoms with Gasteiger partial charge in [0.15, 0.2) is 15.6 Å². The van der Waals surface area contributed by atoms with Crippen LogP contribution in [-0.4, -0.2) is 72.5 Å². The number of fused-ring (bicyclic) bond motifs is 2. The van der Waals surface area contributed by atoms with Crippen LogP contribution < -0.4 is 56.8 Å². The van der Waals surface area contributed by atoms with Crippen LogP contribution in [0.3, 0.4) is 0 Å². The maximum atomic E-state index is 13.5. The van der Waals surface area contributed by atoms with E-state index >= 15 is 0 Å². The molecule has 190 valence electrons. The van der Waals surface area contributed by atoms with Gasteiger partial charge in [-0.15, -0.1) is 5.69 Å². The van der Waals surface area contributed by atoms with Crippen molar-refractivity contribution in [3.8, 4) is 11.3 Å². The van der Waals surface area contributed by atoms with Gasteiger partial charge in [0.1, 0.15) is 0 Å². The monoisotopic (exact) mass is 551 g/mol. The van der Waals surface area contributed by atoms with E-state index in [-0.39, 0.29) is 80.6 Å². The molecule has 0 bridgehead atoms. The van der Waals surface area contributed by atoms with Gasteiger partial charge in [0, 0.05) is 49.4 Å². The summed E-state index contributed by atoms with van der Waals surface area (Å²) in [5.74, 6) is 0. The Bertz CT molecular complexity index is 1570. The second-order valence-corrected chi connectivity index (χ2v) is 10.1. The first-order valence-electron chi connectivity index (χ1n) is 11.1. The van der Waals surface area contributed by atoms with E-state index in [4.69, 9.17) is 9.47 Å². The molecular formula is C24H26KN5O6S. The molecule has 37 heavy (non-hydrogen) atoms. The zero-order valence-corrected chi connectivity index (χ0v) is 24.7. The molecule has 1 atom stereocenters. The molecule has 5 rings (SSSR count). The van der Waals surface area contributed by atoms with Gasteiger partial charge in [0.25, 0.3) is 0 Å². The summed E-state index contributed by atoms with van der Waals surface area (Å²) in [4.78, 5) is 17.9. The van der Waals surface area contributed by atoms with Crippen molar-refractivity contribution in [2.45, 2.75) is 6.10 Å². The third kappa shape index (κ3) is 6.62. The van der Waals surface area contributed by atoms with E-state index < -0.39 is 10.2 Å². The van der Waals surface area contributed by atoms with Gasteiger partial charge in [-0.3, -0.25) is 14.5 Å². The third-order valence-electron chi connectivity index (χ3n) is 5.84. The summed E-state index contributed by atoms with van der Waals surface area (Å²) in [7, 11) is -0.740. The minimum Gasteiger partial charge on any atom is -0.564 e. The molecule has 1 aliphatic heterocycles. The number of pyridine rings is 1. The van der Waals surface area contributed by atoms with E-state index in [0.717, 1.165) is 4.31 Å². The van der Waals surface area contributed by atoms with Crippen LogP contribution in [0, 0.1) is 0 Å². The Labute approximate surface area is 256 Å². The van der Waals surface area contributed by atoms with Crippen molar-refractivity contribution in [2.75, 3.05) is 33.4 Å². The predicted octanol–water partition coefficient (Wildman–Crippen LogP) is -1.07. The Balaban J connectivity index is 0.00000190. The molecule has 0 aliphatic carbocycles. The van der Waals surface area contributed by atoms with Gasteiger partial charge in [-0.05, 0) is 23.6 Å². The molecule has 13 heteroatoms. The number of likely N-dealkylation sites (N-methyl/N-ethyl adjacent to an activating group) is 1. The topological polar surface area (TPSA) is 149 Å². The van der Waals surface area contributed by atoms with Gasteiger partial charge in [-0.25, -0.2) is 12.7 Å². The Morgan fingerprint density at radius 1 is 1.14 bits per heavy atom. The van der Waals surface area contributed by atoms with Gasteiger partial charge in [-0.2, -0.15) is 5.10 Å². The zero-order chi connectivity index (χ0) is 24.6. The Hall–Kier alpha value is -1.78. The first-order chi connectivity index (χ1) is 16.8. The van der Waals surface area contributed by atoms with Crippen LogP contribution in [-0.2, 0) is 26.7 Å². The van der Waals surface area contributed by atoms with E-state index in [1.165, 1.54) is 13.1 Å². The van der Waals surface area contributed by atoms with Crippen LogP contribution in [0.2, 0.25) is 0 Å². The summed E-state index contributed by atoms with van der Waals surface area (Å²) in [6.45, 7) is 1.37. The van der Waals surface area contributed by atoms with Gasteiger partial charge < -0.3 is 19.7 Å². The molecule has 2 aromatic carbocycles. The molecule has 1 fully saturated rings. The first-order valence-corrected chi connectivity index (χ1v) is 12.5. The van der Waals surface area contributed by atoms with Crippen LogP contribution in [0.5, 0.6) is 0 Å². The van der Waals surface area contributed by atoms with Crippen LogP contribution in [0.1, 0.15) is 0 Å². The molecule has 11 nitrogen and oxygen atoms in total. The maximum absolute atomic E-state index is 13.5. The number of rotatable bonds is 6. The first kappa shape index (κ1) is 29.8. The van der Waals surface area contributed by atoms with Crippen LogP contribution in [0.4, 0.5) is 5.69 Å². The van der Waals surface area contributed by atoms with Crippen LogP contribution in [0.25, 0.3) is 37.7 Å². The third-order valence-corrected chi connectivity index (χ3v) is 7.21. The molecular weight excluding hydrogens is 525 g/mol. The molecule has 3 heterocycles. The van der Waals surface area contributed by atoms with E-state index in [2.05, 4.69) is 14.8 Å². The SMILES string of the molecule is CN(C[C@@H]1COCCO1)S(=O)(=O)[N-]c1ccc2ccc3ncc(-c4ccn(C)n4)cc3c(=O)c2c1.O.[K+]. The van der Waals surface area contributed by atoms with Gasteiger partial charge >= 0.3 is 51.4 Å². The number of aryl methyl sites for hydroxylation is 1. The minimum absolute atomic E-state index is 0. The average molecular weight is 552 g/mol. The zero-order valence-electron chi connectivity index (χ0n) is 20.8. The average Bonchev–Trinajstić information content (AvgIpc) is 3.23. The van der Waals surface area contributed by atoms with E-state index in [9.17, 15) is 13.2 Å². The molecule has 0 spiro atoms. The standard InChI is InChI=1S/C24H25N5O5S.K.H2O/c1-28-8-7-22(26-28)17-11-21-23(25-13-17)6-4-16-3-5-18(12-20(16)24(21)30)27-35(31,32)29(2)14-19-15-33-9-10-34-19;;/h3-8,11-13,19H,9-10,14-15H2,1-2H3,(H,25,26,27,30);;1H2/q;+1;/p-1/t19-;;/m1../s1. The molecule has 2 aromatic heterocycles. The Morgan fingerprint density at radius 2 is 1.92 bits per heavy atom. The summed E-state index contributed by atoms with van der Waals surface area (Å²) >= 11 is 0. The number of ether oxygens (including phenoxy) is 2. The van der Waals surface area contributed by atoms with Gasteiger partial charge in [-0.1, -0.05) is 24.3 Å². The van der Waals surface area contributed by atoms with Crippen molar-refractivity contribution in [1.82, 2.24) is 19.1 Å². The van der Waals surface area contributed by atoms with Crippen molar-refractivity contribution < 1.29 is 74.8 Å². The van der Waals surface area contributed by atoms with Gasteiger partial charge in [0.05, 0.1) is 37.1 Å². The normalized spacial score (nSPS) is 15.8. The predicted molar refractivity (Wildman–Crippen MR) is 136 cm³/mol. The molecule has 0 radical (unpaired) electrons. The fourth-order valence-corrected chi connectivity index (χ4v) is 4.86. The Morgan fingerprint density at radius 3 is 2.62 bits per heavy atom. The van der Waals surface area contributed by atoms with Crippen LogP contribution >= 0.6 is 0 Å². The summed E-state index contributed by atoms with van der Waals surface area (Å²) in [5, 5.41) is 5.80. The summed E-state index contributed by atoms with van der Waals surface area (Å²) in [6, 6.07) is 11.9. The Kier molecular flexibility index (Phi) is 9.96. The summed E-state index contributed by atoms with van der Waals surface area (Å²) < 4.78 is 43.3. The summed E-state index contributed by atoms with van der Waals surface area (Å²) in [6.07, 6.45) is 3.14. The maximum Gasteiger partial charge on any atom is 1.00 e. The van der Waals surface area contributed by atoms with Crippen molar-refractivity contribution in [3.05, 3.63) is 69.8 Å². The molecule has 0 unspecified atom stereocenters. The second kappa shape index (κ2) is 12.4. The van der Waals surface area contributed by atoms with Crippen molar-refractivity contribution >= 4 is 37.6 Å². The fraction of sp³-hybridized carbons (Fsp3) is 0.292. The molecule has 4 aromatic rings. The summed E-state index contributed by atoms with van der Waals surface area (Å²) in [5.41, 5.74) is 1.85. The number of hydrogen-bond donors (Lipinski definition) is 0. The van der Waals surface area contributed by atoms with Gasteiger partial charge in [0.2, 0.25) is 0 Å². The van der Waals surface area contributed by atoms with E-state index in [1.54, 1.807) is 41.2 Å². The van der Waals surface area contributed by atoms with Crippen molar-refractivity contribution in [1.29, 1.82) is 0 Å². The second-order valence-electron chi connectivity index (χ2n) is 8.38. The molecule has 1 aliphatic rings. The molecule has 0 saturated carbocycles. The van der Waals surface area contributed by atoms with E-state index in [0.29, 0.717) is 52.8 Å². The largest absolute Gasteiger partial charge is 1.00 e. The number of hydrogen-bond acceptors (Lipinski definition) is 7. The van der Waals surface area contributed by atoms with Crippen molar-refractivity contribution in [3.63, 3.8) is 0 Å². The molecule has 2 N–H and O–H groups in total. The van der Waals surface area contributed by atoms with Crippen molar-refractivity contribution in [2.24, 2.45) is 7.05 Å². The fourth-order valence-electron chi connectivity index (χ4n) is 3.98.